The summed E-state index contributed by atoms with van der Waals surface area (Å²) in [5.74, 6) is -0.266. The van der Waals surface area contributed by atoms with Crippen molar-refractivity contribution in [1.29, 1.82) is 0 Å². The summed E-state index contributed by atoms with van der Waals surface area (Å²) >= 11 is 1.27. The zero-order valence-corrected chi connectivity index (χ0v) is 12.4. The Morgan fingerprint density at radius 1 is 1.42 bits per heavy atom. The Hall–Kier alpha value is -1.56. The van der Waals surface area contributed by atoms with Crippen molar-refractivity contribution in [3.8, 4) is 5.75 Å². The SMILES string of the molecule is CCCC(C)(NC(=O)c1sccc1OC)C(=O)OC. The number of thiophene rings is 1. The molecule has 1 aromatic rings. The second-order valence-electron chi connectivity index (χ2n) is 4.35. The highest BCUT2D eigenvalue weighted by atomic mass is 32.1. The van der Waals surface area contributed by atoms with Gasteiger partial charge in [-0.1, -0.05) is 13.3 Å². The first-order valence-corrected chi connectivity index (χ1v) is 6.89. The Morgan fingerprint density at radius 2 is 2.11 bits per heavy atom. The first-order valence-electron chi connectivity index (χ1n) is 6.01. The average molecular weight is 285 g/mol. The highest BCUT2D eigenvalue weighted by molar-refractivity contribution is 7.12. The monoisotopic (exact) mass is 285 g/mol. The number of hydrogen-bond acceptors (Lipinski definition) is 5. The fourth-order valence-corrected chi connectivity index (χ4v) is 2.63. The van der Waals surface area contributed by atoms with Crippen molar-refractivity contribution in [3.63, 3.8) is 0 Å². The molecule has 1 N–H and O–H groups in total. The summed E-state index contributed by atoms with van der Waals surface area (Å²) in [7, 11) is 2.82. The molecular formula is C13H19NO4S. The summed E-state index contributed by atoms with van der Waals surface area (Å²) in [5, 5.41) is 4.51. The van der Waals surface area contributed by atoms with Crippen molar-refractivity contribution < 1.29 is 19.1 Å². The molecule has 1 aromatic heterocycles. The van der Waals surface area contributed by atoms with E-state index in [1.165, 1.54) is 25.6 Å². The second-order valence-corrected chi connectivity index (χ2v) is 5.26. The third kappa shape index (κ3) is 3.47. The molecule has 1 amide bonds. The number of methoxy groups -OCH3 is 2. The van der Waals surface area contributed by atoms with E-state index in [0.29, 0.717) is 17.0 Å². The molecule has 0 saturated carbocycles. The number of rotatable bonds is 6. The lowest BCUT2D eigenvalue weighted by Gasteiger charge is -2.27. The number of ether oxygens (including phenoxy) is 2. The lowest BCUT2D eigenvalue weighted by molar-refractivity contribution is -0.147. The molecule has 1 atom stereocenters. The van der Waals surface area contributed by atoms with Crippen LogP contribution in [0.5, 0.6) is 5.75 Å². The van der Waals surface area contributed by atoms with Gasteiger partial charge in [0.15, 0.2) is 0 Å². The Labute approximate surface area is 116 Å². The largest absolute Gasteiger partial charge is 0.495 e. The number of esters is 1. The van der Waals surface area contributed by atoms with E-state index < -0.39 is 11.5 Å². The first-order chi connectivity index (χ1) is 8.98. The quantitative estimate of drug-likeness (QED) is 0.814. The molecule has 1 heterocycles. The van der Waals surface area contributed by atoms with Gasteiger partial charge in [-0.2, -0.15) is 0 Å². The van der Waals surface area contributed by atoms with Crippen LogP contribution in [0.15, 0.2) is 11.4 Å². The molecular weight excluding hydrogens is 266 g/mol. The van der Waals surface area contributed by atoms with Crippen LogP contribution < -0.4 is 10.1 Å². The lowest BCUT2D eigenvalue weighted by atomic mass is 9.96. The normalized spacial score (nSPS) is 13.5. The van der Waals surface area contributed by atoms with Gasteiger partial charge in [0.2, 0.25) is 0 Å². The van der Waals surface area contributed by atoms with Crippen molar-refractivity contribution in [2.24, 2.45) is 0 Å². The lowest BCUT2D eigenvalue weighted by Crippen LogP contribution is -2.52. The molecule has 0 aliphatic carbocycles. The third-order valence-electron chi connectivity index (χ3n) is 2.83. The van der Waals surface area contributed by atoms with Gasteiger partial charge in [-0.3, -0.25) is 4.79 Å². The number of hydrogen-bond donors (Lipinski definition) is 1. The summed E-state index contributed by atoms with van der Waals surface area (Å²) < 4.78 is 9.86. The van der Waals surface area contributed by atoms with E-state index in [0.717, 1.165) is 6.42 Å². The standard InChI is InChI=1S/C13H19NO4S/c1-5-7-13(2,12(16)18-4)14-11(15)10-9(17-3)6-8-19-10/h6,8H,5,7H2,1-4H3,(H,14,15). The van der Waals surface area contributed by atoms with E-state index in [1.54, 1.807) is 18.4 Å². The molecule has 0 radical (unpaired) electrons. The van der Waals surface area contributed by atoms with E-state index in [1.807, 2.05) is 6.92 Å². The van der Waals surface area contributed by atoms with E-state index in [4.69, 9.17) is 9.47 Å². The topological polar surface area (TPSA) is 64.6 Å². The molecule has 1 unspecified atom stereocenters. The molecule has 1 rings (SSSR count). The van der Waals surface area contributed by atoms with Gasteiger partial charge in [-0.25, -0.2) is 4.79 Å². The first kappa shape index (κ1) is 15.5. The van der Waals surface area contributed by atoms with Crippen LogP contribution in [0, 0.1) is 0 Å². The predicted octanol–water partition coefficient (Wildman–Crippen LogP) is 2.22. The molecule has 0 aliphatic rings. The van der Waals surface area contributed by atoms with Crippen LogP contribution in [-0.2, 0) is 9.53 Å². The van der Waals surface area contributed by atoms with Crippen LogP contribution in [0.25, 0.3) is 0 Å². The van der Waals surface area contributed by atoms with Crippen molar-refractivity contribution in [2.45, 2.75) is 32.2 Å². The maximum atomic E-state index is 12.2. The number of carbonyl (C=O) groups is 2. The summed E-state index contributed by atoms with van der Waals surface area (Å²) in [5.41, 5.74) is -1.02. The van der Waals surface area contributed by atoms with Gasteiger partial charge in [-0.15, -0.1) is 11.3 Å². The highest BCUT2D eigenvalue weighted by Crippen LogP contribution is 2.25. The van der Waals surface area contributed by atoms with Gasteiger partial charge >= 0.3 is 5.97 Å². The van der Waals surface area contributed by atoms with Gasteiger partial charge in [0.1, 0.15) is 16.2 Å². The smallest absolute Gasteiger partial charge is 0.331 e. The Morgan fingerprint density at radius 3 is 2.63 bits per heavy atom. The molecule has 5 nitrogen and oxygen atoms in total. The van der Waals surface area contributed by atoms with Gasteiger partial charge in [-0.05, 0) is 24.8 Å². The summed E-state index contributed by atoms with van der Waals surface area (Å²) in [6.07, 6.45) is 1.27. The number of carbonyl (C=O) groups excluding carboxylic acids is 2. The van der Waals surface area contributed by atoms with Crippen LogP contribution in [0.1, 0.15) is 36.4 Å². The molecule has 0 bridgehead atoms. The Balaban J connectivity index is 2.91. The average Bonchev–Trinajstić information content (AvgIpc) is 2.86. The minimum atomic E-state index is -1.02. The molecule has 0 saturated heterocycles. The van der Waals surface area contributed by atoms with Crippen LogP contribution in [0.3, 0.4) is 0 Å². The molecule has 0 aromatic carbocycles. The second kappa shape index (κ2) is 6.56. The van der Waals surface area contributed by atoms with Crippen LogP contribution in [0.4, 0.5) is 0 Å². The van der Waals surface area contributed by atoms with Gasteiger partial charge in [0, 0.05) is 0 Å². The summed E-state index contributed by atoms with van der Waals surface area (Å²) in [6, 6.07) is 1.72. The van der Waals surface area contributed by atoms with Crippen molar-refractivity contribution >= 4 is 23.2 Å². The molecule has 19 heavy (non-hydrogen) atoms. The van der Waals surface area contributed by atoms with Gasteiger partial charge < -0.3 is 14.8 Å². The Kier molecular flexibility index (Phi) is 5.35. The van der Waals surface area contributed by atoms with Crippen LogP contribution in [0.2, 0.25) is 0 Å². The maximum Gasteiger partial charge on any atom is 0.331 e. The summed E-state index contributed by atoms with van der Waals surface area (Å²) in [4.78, 5) is 24.5. The Bertz CT molecular complexity index is 457. The molecule has 0 fully saturated rings. The fourth-order valence-electron chi connectivity index (χ4n) is 1.87. The van der Waals surface area contributed by atoms with Crippen molar-refractivity contribution in [1.82, 2.24) is 5.32 Å². The van der Waals surface area contributed by atoms with Gasteiger partial charge in [0.25, 0.3) is 5.91 Å². The predicted molar refractivity (Wildman–Crippen MR) is 73.7 cm³/mol. The van der Waals surface area contributed by atoms with E-state index in [2.05, 4.69) is 5.32 Å². The van der Waals surface area contributed by atoms with E-state index in [-0.39, 0.29) is 5.91 Å². The van der Waals surface area contributed by atoms with Gasteiger partial charge in [0.05, 0.1) is 14.2 Å². The van der Waals surface area contributed by atoms with Crippen molar-refractivity contribution in [3.05, 3.63) is 16.3 Å². The molecule has 106 valence electrons. The zero-order valence-electron chi connectivity index (χ0n) is 11.6. The molecule has 0 spiro atoms. The van der Waals surface area contributed by atoms with E-state index >= 15 is 0 Å². The number of amides is 1. The maximum absolute atomic E-state index is 12.2. The van der Waals surface area contributed by atoms with E-state index in [9.17, 15) is 9.59 Å². The van der Waals surface area contributed by atoms with Crippen LogP contribution >= 0.6 is 11.3 Å². The number of nitrogens with one attached hydrogen (secondary N) is 1. The molecule has 6 heteroatoms. The van der Waals surface area contributed by atoms with Crippen LogP contribution in [-0.4, -0.2) is 31.6 Å². The highest BCUT2D eigenvalue weighted by Gasteiger charge is 2.36. The fraction of sp³-hybridized carbons (Fsp3) is 0.538. The molecule has 0 aliphatic heterocycles. The zero-order chi connectivity index (χ0) is 14.5. The minimum Gasteiger partial charge on any atom is -0.495 e. The summed E-state index contributed by atoms with van der Waals surface area (Å²) in [6.45, 7) is 3.61. The third-order valence-corrected chi connectivity index (χ3v) is 3.73. The van der Waals surface area contributed by atoms with Crippen molar-refractivity contribution in [2.75, 3.05) is 14.2 Å². The minimum absolute atomic E-state index is 0.326.